The second kappa shape index (κ2) is 4.22. The van der Waals surface area contributed by atoms with Crippen molar-refractivity contribution in [2.45, 2.75) is 13.5 Å². The van der Waals surface area contributed by atoms with E-state index in [2.05, 4.69) is 10.1 Å². The molecule has 0 spiro atoms. The minimum Gasteiger partial charge on any atom is -0.483 e. The van der Waals surface area contributed by atoms with Crippen LogP contribution in [0.2, 0.25) is 0 Å². The first-order valence-electron chi connectivity index (χ1n) is 4.98. The minimum absolute atomic E-state index is 0.365. The fraction of sp³-hybridized carbons (Fsp3) is 0.273. The molecule has 2 aromatic rings. The Bertz CT molecular complexity index is 492. The molecule has 0 saturated heterocycles. The number of hydrogen-bond donors (Lipinski definition) is 1. The van der Waals surface area contributed by atoms with E-state index in [1.165, 1.54) is 6.33 Å². The molecule has 0 fully saturated rings. The number of ether oxygens (including phenoxy) is 1. The number of nitrogens with zero attached hydrogens (tertiary/aromatic N) is 3. The standard InChI is InChI=1S/C11H14N4O/c1-8-3-4-10(9(12)5-8)16-6-11-13-7-14-15(11)2/h3-5,7H,6,12H2,1-2H3. The van der Waals surface area contributed by atoms with Crippen LogP contribution in [-0.2, 0) is 13.7 Å². The average Bonchev–Trinajstić information content (AvgIpc) is 2.63. The maximum atomic E-state index is 5.83. The smallest absolute Gasteiger partial charge is 0.164 e. The van der Waals surface area contributed by atoms with Crippen molar-refractivity contribution in [3.63, 3.8) is 0 Å². The van der Waals surface area contributed by atoms with Crippen LogP contribution < -0.4 is 10.5 Å². The maximum Gasteiger partial charge on any atom is 0.164 e. The molecule has 0 aliphatic rings. The van der Waals surface area contributed by atoms with Crippen molar-refractivity contribution in [3.8, 4) is 5.75 Å². The van der Waals surface area contributed by atoms with Crippen LogP contribution in [0.1, 0.15) is 11.4 Å². The normalized spacial score (nSPS) is 10.4. The van der Waals surface area contributed by atoms with Gasteiger partial charge in [-0.3, -0.25) is 4.68 Å². The Kier molecular flexibility index (Phi) is 2.76. The van der Waals surface area contributed by atoms with Crippen molar-refractivity contribution in [1.29, 1.82) is 0 Å². The number of aryl methyl sites for hydroxylation is 2. The SMILES string of the molecule is Cc1ccc(OCc2ncnn2C)c(N)c1. The van der Waals surface area contributed by atoms with Gasteiger partial charge in [-0.1, -0.05) is 6.07 Å². The zero-order valence-electron chi connectivity index (χ0n) is 9.34. The molecule has 0 amide bonds. The Morgan fingerprint density at radius 2 is 2.25 bits per heavy atom. The van der Waals surface area contributed by atoms with Gasteiger partial charge >= 0.3 is 0 Å². The van der Waals surface area contributed by atoms with E-state index in [-0.39, 0.29) is 0 Å². The number of hydrogen-bond acceptors (Lipinski definition) is 4. The third-order valence-corrected chi connectivity index (χ3v) is 2.33. The first-order chi connectivity index (χ1) is 7.66. The number of nitrogens with two attached hydrogens (primary N) is 1. The number of rotatable bonds is 3. The highest BCUT2D eigenvalue weighted by Gasteiger charge is 2.04. The van der Waals surface area contributed by atoms with E-state index in [1.807, 2.05) is 32.2 Å². The lowest BCUT2D eigenvalue weighted by atomic mass is 10.2. The second-order valence-corrected chi connectivity index (χ2v) is 3.63. The molecule has 0 saturated carbocycles. The van der Waals surface area contributed by atoms with Crippen molar-refractivity contribution in [3.05, 3.63) is 35.9 Å². The van der Waals surface area contributed by atoms with E-state index >= 15 is 0 Å². The molecule has 0 atom stereocenters. The zero-order valence-corrected chi connectivity index (χ0v) is 9.34. The lowest BCUT2D eigenvalue weighted by molar-refractivity contribution is 0.291. The lowest BCUT2D eigenvalue weighted by Crippen LogP contribution is -2.05. The van der Waals surface area contributed by atoms with Crippen LogP contribution in [0.3, 0.4) is 0 Å². The van der Waals surface area contributed by atoms with Crippen LogP contribution in [0.5, 0.6) is 5.75 Å². The summed E-state index contributed by atoms with van der Waals surface area (Å²) in [7, 11) is 1.82. The molecule has 0 radical (unpaired) electrons. The third-order valence-electron chi connectivity index (χ3n) is 2.33. The summed E-state index contributed by atoms with van der Waals surface area (Å²) in [5, 5.41) is 3.96. The van der Waals surface area contributed by atoms with Gasteiger partial charge in [0.25, 0.3) is 0 Å². The van der Waals surface area contributed by atoms with E-state index in [9.17, 15) is 0 Å². The molecular formula is C11H14N4O. The Balaban J connectivity index is 2.08. The Hall–Kier alpha value is -2.04. The summed E-state index contributed by atoms with van der Waals surface area (Å²) in [6.07, 6.45) is 1.50. The molecule has 1 heterocycles. The van der Waals surface area contributed by atoms with E-state index in [0.29, 0.717) is 18.0 Å². The van der Waals surface area contributed by atoms with E-state index in [4.69, 9.17) is 10.5 Å². The number of anilines is 1. The largest absolute Gasteiger partial charge is 0.483 e. The first kappa shape index (κ1) is 10.5. The molecule has 2 rings (SSSR count). The molecule has 1 aromatic heterocycles. The molecule has 0 aliphatic carbocycles. The van der Waals surface area contributed by atoms with E-state index < -0.39 is 0 Å². The fourth-order valence-electron chi connectivity index (χ4n) is 1.39. The van der Waals surface area contributed by atoms with Gasteiger partial charge in [-0.05, 0) is 24.6 Å². The van der Waals surface area contributed by atoms with Gasteiger partial charge in [0.05, 0.1) is 5.69 Å². The lowest BCUT2D eigenvalue weighted by Gasteiger charge is -2.08. The number of benzene rings is 1. The van der Waals surface area contributed by atoms with Crippen LogP contribution in [0.25, 0.3) is 0 Å². The summed E-state index contributed by atoms with van der Waals surface area (Å²) in [6, 6.07) is 5.70. The van der Waals surface area contributed by atoms with Crippen LogP contribution in [0, 0.1) is 6.92 Å². The monoisotopic (exact) mass is 218 g/mol. The van der Waals surface area contributed by atoms with Crippen LogP contribution in [0.15, 0.2) is 24.5 Å². The molecule has 2 N–H and O–H groups in total. The predicted molar refractivity (Wildman–Crippen MR) is 60.9 cm³/mol. The Morgan fingerprint density at radius 3 is 2.88 bits per heavy atom. The van der Waals surface area contributed by atoms with Crippen LogP contribution in [0.4, 0.5) is 5.69 Å². The maximum absolute atomic E-state index is 5.83. The first-order valence-corrected chi connectivity index (χ1v) is 4.98. The highest BCUT2D eigenvalue weighted by Crippen LogP contribution is 2.22. The summed E-state index contributed by atoms with van der Waals surface area (Å²) in [5.41, 5.74) is 7.59. The van der Waals surface area contributed by atoms with Crippen molar-refractivity contribution < 1.29 is 4.74 Å². The summed E-state index contributed by atoms with van der Waals surface area (Å²) >= 11 is 0. The topological polar surface area (TPSA) is 66.0 Å². The summed E-state index contributed by atoms with van der Waals surface area (Å²) < 4.78 is 7.24. The van der Waals surface area contributed by atoms with Gasteiger partial charge < -0.3 is 10.5 Å². The van der Waals surface area contributed by atoms with Crippen molar-refractivity contribution in [2.24, 2.45) is 7.05 Å². The van der Waals surface area contributed by atoms with Crippen molar-refractivity contribution >= 4 is 5.69 Å². The molecule has 0 unspecified atom stereocenters. The van der Waals surface area contributed by atoms with E-state index in [1.54, 1.807) is 4.68 Å². The Morgan fingerprint density at radius 1 is 1.44 bits per heavy atom. The molecular weight excluding hydrogens is 204 g/mol. The summed E-state index contributed by atoms with van der Waals surface area (Å²) in [6.45, 7) is 2.35. The molecule has 0 aliphatic heterocycles. The van der Waals surface area contributed by atoms with Crippen LogP contribution in [-0.4, -0.2) is 14.8 Å². The van der Waals surface area contributed by atoms with E-state index in [0.717, 1.165) is 11.4 Å². The van der Waals surface area contributed by atoms with Gasteiger partial charge in [-0.2, -0.15) is 5.10 Å². The molecule has 16 heavy (non-hydrogen) atoms. The average molecular weight is 218 g/mol. The summed E-state index contributed by atoms with van der Waals surface area (Å²) in [5.74, 6) is 1.44. The minimum atomic E-state index is 0.365. The fourth-order valence-corrected chi connectivity index (χ4v) is 1.39. The van der Waals surface area contributed by atoms with Gasteiger partial charge in [0.15, 0.2) is 5.82 Å². The van der Waals surface area contributed by atoms with Crippen LogP contribution >= 0.6 is 0 Å². The van der Waals surface area contributed by atoms with Gasteiger partial charge in [-0.25, -0.2) is 4.98 Å². The zero-order chi connectivity index (χ0) is 11.5. The second-order valence-electron chi connectivity index (χ2n) is 3.63. The van der Waals surface area contributed by atoms with Crippen molar-refractivity contribution in [1.82, 2.24) is 14.8 Å². The highest BCUT2D eigenvalue weighted by atomic mass is 16.5. The molecule has 1 aromatic carbocycles. The summed E-state index contributed by atoms with van der Waals surface area (Å²) in [4.78, 5) is 4.06. The molecule has 5 nitrogen and oxygen atoms in total. The van der Waals surface area contributed by atoms with Gasteiger partial charge in [0.2, 0.25) is 0 Å². The third kappa shape index (κ3) is 2.13. The van der Waals surface area contributed by atoms with Gasteiger partial charge in [0, 0.05) is 7.05 Å². The highest BCUT2D eigenvalue weighted by molar-refractivity contribution is 5.53. The Labute approximate surface area is 93.9 Å². The van der Waals surface area contributed by atoms with Gasteiger partial charge in [0.1, 0.15) is 18.7 Å². The van der Waals surface area contributed by atoms with Crippen molar-refractivity contribution in [2.75, 3.05) is 5.73 Å². The number of aromatic nitrogens is 3. The number of nitrogen functional groups attached to an aromatic ring is 1. The van der Waals surface area contributed by atoms with Gasteiger partial charge in [-0.15, -0.1) is 0 Å². The molecule has 0 bridgehead atoms. The predicted octanol–water partition coefficient (Wildman–Crippen LogP) is 1.28. The molecule has 5 heteroatoms. The molecule has 84 valence electrons. The quantitative estimate of drug-likeness (QED) is 0.788.